The fourth-order valence-electron chi connectivity index (χ4n) is 5.69. The standard InChI is InChI=1S/C31H37N9O3/c1-31(2,3)43-30(42)40(4)15-11-20(12-16-40)21-18-33-29(34-19-21)38-13-9-22(10-14-38)39-25-17-24(23-7-5-6-8-26(23)41)35-36-27(25)28(32)37-39/h5-8,11,17-19,22H,9-10,12-16H2,1-4H3,(H2-,32,35,37,41)/p+1/t40-/m0/s1. The molecular formula is C31H38N9O3+. The van der Waals surface area contributed by atoms with E-state index in [-0.39, 0.29) is 22.4 Å². The number of para-hydroxylation sites is 1. The number of nitrogens with two attached hydrogens (primary N) is 1. The van der Waals surface area contributed by atoms with Crippen LogP contribution in [-0.4, -0.2) is 84.5 Å². The van der Waals surface area contributed by atoms with Crippen LogP contribution in [0.5, 0.6) is 5.75 Å². The third-order valence-corrected chi connectivity index (χ3v) is 8.21. The lowest BCUT2D eigenvalue weighted by Crippen LogP contribution is -2.53. The summed E-state index contributed by atoms with van der Waals surface area (Å²) in [5.41, 5.74) is 10.4. The number of quaternary nitrogens is 1. The third kappa shape index (κ3) is 5.74. The number of carbonyl (C=O) groups excluding carboxylic acids is 1. The SMILES string of the molecule is CC(C)(C)OC(=O)[N@@+]1(C)CC=C(c2cnc(N3CCC(n4nc(N)c5nnc(-c6ccccc6O)cc54)CC3)nc2)CC1. The van der Waals surface area contributed by atoms with Crippen molar-refractivity contribution in [1.82, 2.24) is 29.9 Å². The van der Waals surface area contributed by atoms with Gasteiger partial charge in [-0.3, -0.25) is 4.68 Å². The van der Waals surface area contributed by atoms with E-state index in [0.717, 1.165) is 49.0 Å². The van der Waals surface area contributed by atoms with Gasteiger partial charge in [-0.1, -0.05) is 12.1 Å². The molecule has 2 aliphatic heterocycles. The molecule has 3 N–H and O–H groups in total. The zero-order valence-electron chi connectivity index (χ0n) is 25.1. The van der Waals surface area contributed by atoms with Crippen LogP contribution in [0.2, 0.25) is 0 Å². The minimum Gasteiger partial charge on any atom is -0.507 e. The highest BCUT2D eigenvalue weighted by Gasteiger charge is 2.38. The monoisotopic (exact) mass is 584 g/mol. The van der Waals surface area contributed by atoms with Crippen molar-refractivity contribution in [3.8, 4) is 17.0 Å². The lowest BCUT2D eigenvalue weighted by molar-refractivity contribution is -0.833. The van der Waals surface area contributed by atoms with Crippen LogP contribution < -0.4 is 10.6 Å². The van der Waals surface area contributed by atoms with Crippen molar-refractivity contribution in [3.63, 3.8) is 0 Å². The van der Waals surface area contributed by atoms with Crippen LogP contribution in [0.15, 0.2) is 48.8 Å². The van der Waals surface area contributed by atoms with Crippen LogP contribution in [0.4, 0.5) is 16.6 Å². The Morgan fingerprint density at radius 1 is 1.12 bits per heavy atom. The van der Waals surface area contributed by atoms with E-state index in [4.69, 9.17) is 20.4 Å². The Hall–Kier alpha value is -4.58. The van der Waals surface area contributed by atoms with Crippen molar-refractivity contribution >= 4 is 34.5 Å². The normalized spacial score (nSPS) is 19.8. The molecule has 0 unspecified atom stereocenters. The second-order valence-corrected chi connectivity index (χ2v) is 12.6. The fourth-order valence-corrected chi connectivity index (χ4v) is 5.69. The number of nitrogen functional groups attached to an aromatic ring is 1. The molecule has 1 saturated heterocycles. The van der Waals surface area contributed by atoms with Crippen LogP contribution in [0, 0.1) is 0 Å². The number of amides is 1. The average Bonchev–Trinajstić information content (AvgIpc) is 3.32. The summed E-state index contributed by atoms with van der Waals surface area (Å²) < 4.78 is 7.82. The molecule has 0 aliphatic carbocycles. The highest BCUT2D eigenvalue weighted by Crippen LogP contribution is 2.33. The summed E-state index contributed by atoms with van der Waals surface area (Å²) in [6.07, 6.45) is 8.08. The molecule has 224 valence electrons. The molecule has 5 heterocycles. The van der Waals surface area contributed by atoms with E-state index >= 15 is 0 Å². The number of nitrogens with zero attached hydrogens (tertiary/aromatic N) is 8. The topological polar surface area (TPSA) is 145 Å². The minimum absolute atomic E-state index is 0.126. The van der Waals surface area contributed by atoms with E-state index in [9.17, 15) is 9.90 Å². The second-order valence-electron chi connectivity index (χ2n) is 12.6. The Morgan fingerprint density at radius 3 is 2.49 bits per heavy atom. The van der Waals surface area contributed by atoms with Gasteiger partial charge in [-0.2, -0.15) is 9.89 Å². The molecule has 0 saturated carbocycles. The predicted molar refractivity (Wildman–Crippen MR) is 164 cm³/mol. The van der Waals surface area contributed by atoms with Gasteiger partial charge in [0.15, 0.2) is 11.3 Å². The quantitative estimate of drug-likeness (QED) is 0.327. The molecule has 0 radical (unpaired) electrons. The number of likely N-dealkylation sites (N-methyl/N-ethyl adjacent to an activating group) is 1. The number of phenolic OH excluding ortho intramolecular Hbond substituents is 1. The molecule has 6 rings (SSSR count). The van der Waals surface area contributed by atoms with Gasteiger partial charge in [-0.05, 0) is 63.5 Å². The summed E-state index contributed by atoms with van der Waals surface area (Å²) >= 11 is 0. The first kappa shape index (κ1) is 28.5. The smallest absolute Gasteiger partial charge is 0.507 e. The molecule has 0 spiro atoms. The first-order valence-electron chi connectivity index (χ1n) is 14.6. The Morgan fingerprint density at radius 2 is 1.84 bits per heavy atom. The van der Waals surface area contributed by atoms with Gasteiger partial charge >= 0.3 is 6.09 Å². The lowest BCUT2D eigenvalue weighted by atomic mass is 10.0. The van der Waals surface area contributed by atoms with Crippen LogP contribution in [0.3, 0.4) is 0 Å². The van der Waals surface area contributed by atoms with Crippen molar-refractivity contribution in [2.45, 2.75) is 51.7 Å². The Labute approximate surface area is 250 Å². The van der Waals surface area contributed by atoms with E-state index in [1.54, 1.807) is 12.1 Å². The number of carbonyl (C=O) groups is 1. The molecule has 2 aliphatic rings. The Balaban J connectivity index is 1.12. The van der Waals surface area contributed by atoms with Crippen LogP contribution in [-0.2, 0) is 4.74 Å². The number of hydrogen-bond donors (Lipinski definition) is 2. The summed E-state index contributed by atoms with van der Waals surface area (Å²) in [6.45, 7) is 8.46. The second kappa shape index (κ2) is 10.9. The first-order valence-corrected chi connectivity index (χ1v) is 14.6. The number of hydrogen-bond acceptors (Lipinski definition) is 10. The molecule has 1 fully saturated rings. The van der Waals surface area contributed by atoms with Crippen molar-refractivity contribution in [1.29, 1.82) is 0 Å². The maximum Gasteiger partial charge on any atom is 0.516 e. The average molecular weight is 585 g/mol. The van der Waals surface area contributed by atoms with Gasteiger partial charge in [0.2, 0.25) is 5.95 Å². The number of ether oxygens (including phenoxy) is 1. The van der Waals surface area contributed by atoms with Gasteiger partial charge in [-0.15, -0.1) is 10.2 Å². The van der Waals surface area contributed by atoms with Gasteiger partial charge < -0.3 is 20.5 Å². The number of fused-ring (bicyclic) bond motifs is 1. The summed E-state index contributed by atoms with van der Waals surface area (Å²) in [5.74, 6) is 1.19. The number of aromatic nitrogens is 6. The molecule has 1 atom stereocenters. The summed E-state index contributed by atoms with van der Waals surface area (Å²) in [6, 6.07) is 9.08. The van der Waals surface area contributed by atoms with E-state index < -0.39 is 5.60 Å². The largest absolute Gasteiger partial charge is 0.516 e. The minimum atomic E-state index is -0.508. The maximum absolute atomic E-state index is 12.7. The predicted octanol–water partition coefficient (Wildman–Crippen LogP) is 4.58. The zero-order valence-corrected chi connectivity index (χ0v) is 25.1. The molecule has 3 aromatic heterocycles. The van der Waals surface area contributed by atoms with Crippen LogP contribution in [0.1, 0.15) is 51.6 Å². The zero-order chi connectivity index (χ0) is 30.4. The summed E-state index contributed by atoms with van der Waals surface area (Å²) in [4.78, 5) is 24.3. The van der Waals surface area contributed by atoms with Gasteiger partial charge in [0, 0.05) is 43.0 Å². The number of rotatable bonds is 4. The highest BCUT2D eigenvalue weighted by atomic mass is 16.6. The van der Waals surface area contributed by atoms with Gasteiger partial charge in [0.1, 0.15) is 17.9 Å². The number of anilines is 2. The number of aromatic hydroxyl groups is 1. The van der Waals surface area contributed by atoms with Crippen molar-refractivity contribution in [2.75, 3.05) is 43.9 Å². The molecule has 1 aromatic carbocycles. The van der Waals surface area contributed by atoms with Gasteiger partial charge in [0.25, 0.3) is 0 Å². The molecular weight excluding hydrogens is 546 g/mol. The van der Waals surface area contributed by atoms with Crippen molar-refractivity contribution in [2.24, 2.45) is 0 Å². The summed E-state index contributed by atoms with van der Waals surface area (Å²) in [5, 5.41) is 23.5. The van der Waals surface area contributed by atoms with E-state index in [0.29, 0.717) is 41.6 Å². The Kier molecular flexibility index (Phi) is 7.25. The number of phenols is 1. The third-order valence-electron chi connectivity index (χ3n) is 8.21. The van der Waals surface area contributed by atoms with Crippen molar-refractivity contribution < 1.29 is 19.1 Å². The fraction of sp³-hybridized carbons (Fsp3) is 0.419. The highest BCUT2D eigenvalue weighted by molar-refractivity contribution is 5.87. The van der Waals surface area contributed by atoms with E-state index in [1.165, 1.54) is 0 Å². The van der Waals surface area contributed by atoms with Crippen LogP contribution >= 0.6 is 0 Å². The van der Waals surface area contributed by atoms with Crippen molar-refractivity contribution in [3.05, 3.63) is 54.4 Å². The van der Waals surface area contributed by atoms with Gasteiger partial charge in [-0.25, -0.2) is 14.5 Å². The molecule has 12 heteroatoms. The van der Waals surface area contributed by atoms with E-state index in [2.05, 4.69) is 26.3 Å². The first-order chi connectivity index (χ1) is 20.5. The molecule has 4 aromatic rings. The lowest BCUT2D eigenvalue weighted by Gasteiger charge is -2.35. The molecule has 12 nitrogen and oxygen atoms in total. The number of benzene rings is 1. The van der Waals surface area contributed by atoms with Gasteiger partial charge in [0.05, 0.1) is 30.8 Å². The molecule has 0 bridgehead atoms. The summed E-state index contributed by atoms with van der Waals surface area (Å²) in [7, 11) is 1.92. The van der Waals surface area contributed by atoms with E-state index in [1.807, 2.05) is 63.1 Å². The maximum atomic E-state index is 12.7. The van der Waals surface area contributed by atoms with Crippen LogP contribution in [0.25, 0.3) is 27.9 Å². The molecule has 43 heavy (non-hydrogen) atoms. The number of piperidine rings is 1. The molecule has 1 amide bonds. The Bertz CT molecular complexity index is 1690.